The number of fused-ring (bicyclic) bond motifs is 2. The summed E-state index contributed by atoms with van der Waals surface area (Å²) in [6.45, 7) is -1.91. The summed E-state index contributed by atoms with van der Waals surface area (Å²) in [6, 6.07) is 82.9. The van der Waals surface area contributed by atoms with Gasteiger partial charge in [-0.25, -0.2) is 17.6 Å². The molecule has 566 valence electrons. The molecule has 13 rings (SSSR count). The van der Waals surface area contributed by atoms with Gasteiger partial charge in [0.2, 0.25) is 11.6 Å². The molecule has 15 nitrogen and oxygen atoms in total. The smallest absolute Gasteiger partial charge is 0.272 e. The highest BCUT2D eigenvalue weighted by atomic mass is 35.5. The average Bonchev–Trinajstić information content (AvgIpc) is 1.40. The van der Waals surface area contributed by atoms with Crippen molar-refractivity contribution in [3.8, 4) is 11.5 Å². The third kappa shape index (κ3) is 19.4. The predicted molar refractivity (Wildman–Crippen MR) is 400 cm³/mol. The van der Waals surface area contributed by atoms with Crippen LogP contribution in [0.15, 0.2) is 267 Å². The van der Waals surface area contributed by atoms with Gasteiger partial charge in [0.25, 0.3) is 12.9 Å². The Balaban J connectivity index is 0.000000202. The number of hydrogen-bond acceptors (Lipinski definition) is 15. The molecule has 3 fully saturated rings. The van der Waals surface area contributed by atoms with Crippen molar-refractivity contribution in [3.05, 3.63) is 344 Å². The van der Waals surface area contributed by atoms with E-state index in [1.165, 1.54) is 7.11 Å². The van der Waals surface area contributed by atoms with E-state index in [0.29, 0.717) is 51.1 Å². The summed E-state index contributed by atoms with van der Waals surface area (Å²) in [5.74, 6) is -2.61. The highest BCUT2D eigenvalue weighted by Gasteiger charge is 2.70. The number of ether oxygens (including phenoxy) is 12. The van der Waals surface area contributed by atoms with Gasteiger partial charge in [0.1, 0.15) is 72.5 Å². The minimum atomic E-state index is -2.58. The third-order valence-electron chi connectivity index (χ3n) is 19.3. The van der Waals surface area contributed by atoms with Gasteiger partial charge in [0.05, 0.1) is 66.1 Å². The molecule has 0 spiro atoms. The maximum atomic E-state index is 12.7. The molecule has 3 saturated heterocycles. The Hall–Kier alpha value is -8.42. The Morgan fingerprint density at radius 3 is 1.12 bits per heavy atom. The van der Waals surface area contributed by atoms with Crippen molar-refractivity contribution >= 4 is 23.2 Å². The van der Waals surface area contributed by atoms with Crippen molar-refractivity contribution in [1.29, 1.82) is 0 Å². The van der Waals surface area contributed by atoms with Crippen molar-refractivity contribution < 1.29 is 89.7 Å². The monoisotopic (exact) mass is 1520 g/mol. The van der Waals surface area contributed by atoms with Gasteiger partial charge in [-0.3, -0.25) is 0 Å². The molecule has 108 heavy (non-hydrogen) atoms. The molecule has 9 atom stereocenters. The Morgan fingerprint density at radius 1 is 0.389 bits per heavy atom. The Labute approximate surface area is 636 Å². The Morgan fingerprint density at radius 2 is 0.741 bits per heavy atom. The molecular weight excluding hydrogens is 1430 g/mol. The zero-order chi connectivity index (χ0) is 75.4. The molecule has 10 aromatic carbocycles. The minimum absolute atomic E-state index is 0.0113. The predicted octanol–water partition coefficient (Wildman–Crippen LogP) is 16.2. The summed E-state index contributed by atoms with van der Waals surface area (Å²) in [4.78, 5) is 0. The fraction of sp³-hybridized carbons (Fsp3) is 0.310. The quantitative estimate of drug-likeness (QED) is 0.0325. The Kier molecular flexibility index (Phi) is 27.7. The van der Waals surface area contributed by atoms with Crippen LogP contribution in [0, 0.1) is 0 Å². The highest BCUT2D eigenvalue weighted by Crippen LogP contribution is 2.54. The topological polar surface area (TPSA) is 171 Å². The number of methoxy groups -OCH3 is 1. The number of halogens is 6. The first kappa shape index (κ1) is 79.1. The van der Waals surface area contributed by atoms with E-state index in [2.05, 4.69) is 0 Å². The molecule has 0 amide bonds. The molecular formula is C87H86Cl2F4O15. The van der Waals surface area contributed by atoms with Gasteiger partial charge in [0.15, 0.2) is 0 Å². The van der Waals surface area contributed by atoms with Gasteiger partial charge >= 0.3 is 0 Å². The lowest BCUT2D eigenvalue weighted by atomic mass is 9.80. The molecule has 0 aromatic heterocycles. The van der Waals surface area contributed by atoms with Crippen LogP contribution < -0.4 is 9.47 Å². The number of aliphatic hydroxyl groups is 3. The molecule has 21 heteroatoms. The molecule has 3 aliphatic rings. The van der Waals surface area contributed by atoms with Crippen LogP contribution >= 0.6 is 23.2 Å². The maximum Gasteiger partial charge on any atom is 0.272 e. The normalized spacial score (nSPS) is 22.2. The summed E-state index contributed by atoms with van der Waals surface area (Å²) in [5, 5.41) is 34.5. The summed E-state index contributed by atoms with van der Waals surface area (Å²) in [6.07, 6.45) is -9.82. The van der Waals surface area contributed by atoms with Crippen LogP contribution in [-0.4, -0.2) is 123 Å². The van der Waals surface area contributed by atoms with Crippen LogP contribution in [-0.2, 0) is 111 Å². The van der Waals surface area contributed by atoms with Crippen LogP contribution in [0.2, 0.25) is 10.0 Å². The first-order valence-electron chi connectivity index (χ1n) is 35.6. The van der Waals surface area contributed by atoms with E-state index in [1.54, 1.807) is 54.6 Å². The van der Waals surface area contributed by atoms with Gasteiger partial charge in [-0.05, 0) is 117 Å². The van der Waals surface area contributed by atoms with E-state index >= 15 is 0 Å². The molecule has 0 aliphatic carbocycles. The van der Waals surface area contributed by atoms with Crippen molar-refractivity contribution in [1.82, 2.24) is 0 Å². The van der Waals surface area contributed by atoms with Crippen LogP contribution in [0.4, 0.5) is 17.6 Å². The summed E-state index contributed by atoms with van der Waals surface area (Å²) in [7, 11) is 1.48. The molecule has 2 bridgehead atoms. The number of rotatable bonds is 34. The molecule has 3 N–H and O–H groups in total. The second kappa shape index (κ2) is 37.8. The minimum Gasteiger partial charge on any atom is -0.488 e. The third-order valence-corrected chi connectivity index (χ3v) is 20.0. The van der Waals surface area contributed by atoms with E-state index in [-0.39, 0.29) is 46.2 Å². The first-order chi connectivity index (χ1) is 52.7. The van der Waals surface area contributed by atoms with E-state index in [1.807, 2.05) is 212 Å². The molecule has 0 unspecified atom stereocenters. The summed E-state index contributed by atoms with van der Waals surface area (Å²) >= 11 is 13.6. The van der Waals surface area contributed by atoms with Crippen molar-refractivity contribution in [2.75, 3.05) is 46.8 Å². The van der Waals surface area contributed by atoms with Gasteiger partial charge < -0.3 is 72.2 Å². The SMILES string of the molecule is CO[C@@]1(c2ccc(Cl)c(Cc3ccc(OCC(F)F)cc3)c2)OC(CO)(CO)[C@@H](OCc2ccccc2)[C@H](OCc2ccccc2)[C@H]1OCc1ccccc1.OC[C@@]12CO[C@@](c3ccc(Cl)c(Cc4ccc(OCC(F)F)cc4)c3)(O1)[C@H](OCc1ccccc1)[C@@H](OCc1ccccc1)[C@@H]2OCc1ccccc1. The number of hydrogen-bond donors (Lipinski definition) is 3. The fourth-order valence-corrected chi connectivity index (χ4v) is 14.1. The average molecular weight is 1520 g/mol. The zero-order valence-electron chi connectivity index (χ0n) is 59.4. The van der Waals surface area contributed by atoms with Crippen molar-refractivity contribution in [2.45, 2.75) is 125 Å². The lowest BCUT2D eigenvalue weighted by Crippen LogP contribution is -2.72. The van der Waals surface area contributed by atoms with E-state index in [9.17, 15) is 32.9 Å². The summed E-state index contributed by atoms with van der Waals surface area (Å²) < 4.78 is 129. The summed E-state index contributed by atoms with van der Waals surface area (Å²) in [5.41, 5.74) is 6.80. The van der Waals surface area contributed by atoms with Crippen LogP contribution in [0.3, 0.4) is 0 Å². The van der Waals surface area contributed by atoms with Crippen molar-refractivity contribution in [2.24, 2.45) is 0 Å². The van der Waals surface area contributed by atoms with E-state index < -0.39 is 105 Å². The number of alkyl halides is 4. The standard InChI is InChI=1S/C44H45ClF2O8.C43H41ClF2O7/c1-50-44(36-19-22-38(45)35(24-36)23-31-17-20-37(21-18-31)51-28-39(46)47)42(54-27-34-15-9-4-10-16-34)40(52-25-32-11-5-2-6-12-32)41(43(29-48,30-49)55-44)53-26-33-13-7-3-8-14-33;44-37-21-18-35(23-34(37)22-30-16-19-36(20-17-30)48-27-38(45)46)43-41(51-26-33-14-8-3-9-15-33)39(49-24-31-10-4-1-5-11-31)40(42(28-47,53-43)29-52-43)50-25-32-12-6-2-7-13-32/h2-22,24,39-42,48-49H,23,25-30H2,1H3;1-21,23,38-41,47H,22,24-29H2/t40-,41-,42+,44-;39-,40-,41+,42-,43-/m00/s1. The van der Waals surface area contributed by atoms with Gasteiger partial charge in [-0.1, -0.05) is 242 Å². The van der Waals surface area contributed by atoms with Crippen LogP contribution in [0.1, 0.15) is 66.8 Å². The molecule has 0 radical (unpaired) electrons. The zero-order valence-corrected chi connectivity index (χ0v) is 60.9. The molecule has 3 heterocycles. The Bertz CT molecular complexity index is 4360. The van der Waals surface area contributed by atoms with Gasteiger partial charge in [0, 0.05) is 28.3 Å². The fourth-order valence-electron chi connectivity index (χ4n) is 13.8. The van der Waals surface area contributed by atoms with Gasteiger partial charge in [-0.15, -0.1) is 0 Å². The lowest BCUT2D eigenvalue weighted by molar-refractivity contribution is -0.417. The largest absolute Gasteiger partial charge is 0.488 e. The van der Waals surface area contributed by atoms with Crippen LogP contribution in [0.5, 0.6) is 11.5 Å². The maximum absolute atomic E-state index is 12.7. The van der Waals surface area contributed by atoms with Crippen molar-refractivity contribution in [3.63, 3.8) is 0 Å². The molecule has 10 aromatic rings. The lowest BCUT2D eigenvalue weighted by Gasteiger charge is -2.56. The van der Waals surface area contributed by atoms with Gasteiger partial charge in [-0.2, -0.15) is 0 Å². The first-order valence-corrected chi connectivity index (χ1v) is 36.3. The molecule has 0 saturated carbocycles. The van der Waals surface area contributed by atoms with E-state index in [0.717, 1.165) is 50.1 Å². The second-order valence-electron chi connectivity index (χ2n) is 26.7. The highest BCUT2D eigenvalue weighted by molar-refractivity contribution is 6.31. The second-order valence-corrected chi connectivity index (χ2v) is 27.5. The number of benzene rings is 10. The molecule has 3 aliphatic heterocycles. The van der Waals surface area contributed by atoms with E-state index in [4.69, 9.17) is 80.0 Å². The number of aliphatic hydroxyl groups excluding tert-OH is 3. The van der Waals surface area contributed by atoms with Crippen LogP contribution in [0.25, 0.3) is 0 Å².